The van der Waals surface area contributed by atoms with E-state index in [2.05, 4.69) is 25.7 Å². The predicted molar refractivity (Wildman–Crippen MR) is 170 cm³/mol. The Balaban J connectivity index is 1.48. The number of hydrogen-bond donors (Lipinski definition) is 3. The van der Waals surface area contributed by atoms with E-state index in [4.69, 9.17) is 14.0 Å². The number of rotatable bonds is 4. The van der Waals surface area contributed by atoms with Crippen molar-refractivity contribution in [1.29, 1.82) is 0 Å². The van der Waals surface area contributed by atoms with Gasteiger partial charge in [-0.2, -0.15) is 23.3 Å². The van der Waals surface area contributed by atoms with Crippen LogP contribution in [0, 0.1) is 0 Å². The lowest BCUT2D eigenvalue weighted by molar-refractivity contribution is -0.137. The number of amides is 1. The van der Waals surface area contributed by atoms with Gasteiger partial charge >= 0.3 is 6.18 Å². The first-order valence-corrected chi connectivity index (χ1v) is 16.9. The van der Waals surface area contributed by atoms with Crippen molar-refractivity contribution in [3.63, 3.8) is 0 Å². The molecule has 0 saturated heterocycles. The highest BCUT2D eigenvalue weighted by atomic mass is 31.2. The van der Waals surface area contributed by atoms with E-state index in [0.717, 1.165) is 0 Å². The minimum absolute atomic E-state index is 0.0136. The van der Waals surface area contributed by atoms with Crippen LogP contribution in [-0.4, -0.2) is 75.5 Å². The van der Waals surface area contributed by atoms with Crippen molar-refractivity contribution in [2.45, 2.75) is 38.5 Å². The number of hydrogen-bond acceptors (Lipinski definition) is 11. The number of carbonyl (C=O) groups excluding carboxylic acids is 1. The van der Waals surface area contributed by atoms with Gasteiger partial charge in [0.1, 0.15) is 23.5 Å². The van der Waals surface area contributed by atoms with Crippen molar-refractivity contribution < 1.29 is 41.6 Å². The van der Waals surface area contributed by atoms with Crippen LogP contribution in [0.5, 0.6) is 5.75 Å². The molecule has 8 rings (SSSR count). The maximum atomic E-state index is 14.2. The van der Waals surface area contributed by atoms with Crippen molar-refractivity contribution >= 4 is 36.4 Å². The summed E-state index contributed by atoms with van der Waals surface area (Å²) in [5.41, 5.74) is 1.94. The minimum atomic E-state index is -4.81. The molecule has 2 aromatic heterocycles. The standard InChI is InChI=1S/C31H33F3N7O6P/c1-4-46-17-48(44)16-18-5-7-24(26(9-18)45-3)38-30-35-11-23(31(32,33)34)28(39-30)37-25-8-6-21(22-14-40(2)29(43)27(22)25)19-10-36-41(12-19)13-20(42)15-47-48/h5-12,20,42H,4,13-17H2,1-3H3,(H2,35,37,38,39)/t20-,48?/m0/s1. The molecular formula is C31H33F3N7O6P. The van der Waals surface area contributed by atoms with Gasteiger partial charge in [0.15, 0.2) is 0 Å². The molecule has 4 aromatic rings. The summed E-state index contributed by atoms with van der Waals surface area (Å²) in [7, 11) is -0.478. The molecule has 4 aliphatic heterocycles. The van der Waals surface area contributed by atoms with Gasteiger partial charge in [-0.05, 0) is 41.8 Å². The van der Waals surface area contributed by atoms with Crippen molar-refractivity contribution in [3.05, 3.63) is 71.2 Å². The topological polar surface area (TPSA) is 153 Å². The number of aromatic nitrogens is 4. The average Bonchev–Trinajstić information content (AvgIpc) is 3.62. The first kappa shape index (κ1) is 33.4. The molecule has 48 heavy (non-hydrogen) atoms. The minimum Gasteiger partial charge on any atom is -0.495 e. The highest BCUT2D eigenvalue weighted by Gasteiger charge is 2.37. The predicted octanol–water partition coefficient (Wildman–Crippen LogP) is 5.60. The van der Waals surface area contributed by atoms with Gasteiger partial charge in [0.25, 0.3) is 5.91 Å². The van der Waals surface area contributed by atoms with E-state index < -0.39 is 31.0 Å². The van der Waals surface area contributed by atoms with Crippen LogP contribution in [0.15, 0.2) is 48.9 Å². The van der Waals surface area contributed by atoms with Crippen LogP contribution >= 0.6 is 7.37 Å². The zero-order valence-electron chi connectivity index (χ0n) is 26.2. The molecule has 3 N–H and O–H groups in total. The maximum Gasteiger partial charge on any atom is 0.421 e. The Hall–Kier alpha value is -4.50. The summed E-state index contributed by atoms with van der Waals surface area (Å²) < 4.78 is 74.7. The Bertz CT molecular complexity index is 1900. The third-order valence-electron chi connectivity index (χ3n) is 7.89. The normalized spacial score (nSPS) is 19.7. The summed E-state index contributed by atoms with van der Waals surface area (Å²) in [4.78, 5) is 22.9. The second-order valence-electron chi connectivity index (χ2n) is 11.4. The van der Waals surface area contributed by atoms with Gasteiger partial charge in [-0.15, -0.1) is 0 Å². The molecule has 17 heteroatoms. The largest absolute Gasteiger partial charge is 0.495 e. The van der Waals surface area contributed by atoms with Gasteiger partial charge in [-0.1, -0.05) is 12.1 Å². The molecule has 1 unspecified atom stereocenters. The molecule has 2 atom stereocenters. The second-order valence-corrected chi connectivity index (χ2v) is 13.9. The van der Waals surface area contributed by atoms with Gasteiger partial charge in [0, 0.05) is 38.2 Å². The third-order valence-corrected chi connectivity index (χ3v) is 9.93. The number of methoxy groups -OCH3 is 1. The van der Waals surface area contributed by atoms with E-state index in [-0.39, 0.29) is 61.1 Å². The van der Waals surface area contributed by atoms with E-state index in [1.54, 1.807) is 50.6 Å². The van der Waals surface area contributed by atoms with Crippen LogP contribution in [0.3, 0.4) is 0 Å². The Labute approximate surface area is 273 Å². The average molecular weight is 688 g/mol. The summed E-state index contributed by atoms with van der Waals surface area (Å²) in [6.45, 7) is 2.03. The third kappa shape index (κ3) is 6.88. The number of alkyl halides is 3. The smallest absolute Gasteiger partial charge is 0.421 e. The molecule has 1 amide bonds. The number of fused-ring (bicyclic) bond motifs is 1. The Kier molecular flexibility index (Phi) is 9.18. The molecule has 254 valence electrons. The van der Waals surface area contributed by atoms with Crippen LogP contribution in [0.1, 0.15) is 34.0 Å². The lowest BCUT2D eigenvalue weighted by Crippen LogP contribution is -2.22. The number of aliphatic hydroxyl groups excluding tert-OH is 1. The van der Waals surface area contributed by atoms with Gasteiger partial charge in [-0.3, -0.25) is 14.0 Å². The highest BCUT2D eigenvalue weighted by Crippen LogP contribution is 2.51. The lowest BCUT2D eigenvalue weighted by Gasteiger charge is -2.21. The number of anilines is 4. The number of carbonyl (C=O) groups is 1. The molecule has 13 nitrogen and oxygen atoms in total. The second kappa shape index (κ2) is 13.2. The van der Waals surface area contributed by atoms with E-state index in [0.29, 0.717) is 40.7 Å². The number of benzene rings is 2. The summed E-state index contributed by atoms with van der Waals surface area (Å²) in [5.74, 6) is -0.855. The zero-order valence-corrected chi connectivity index (χ0v) is 27.1. The fourth-order valence-electron chi connectivity index (χ4n) is 5.59. The van der Waals surface area contributed by atoms with Crippen molar-refractivity contribution in [3.8, 4) is 16.9 Å². The van der Waals surface area contributed by atoms with E-state index in [1.807, 2.05) is 0 Å². The highest BCUT2D eigenvalue weighted by molar-refractivity contribution is 7.57. The maximum absolute atomic E-state index is 14.2. The lowest BCUT2D eigenvalue weighted by atomic mass is 9.97. The van der Waals surface area contributed by atoms with Crippen LogP contribution in [0.2, 0.25) is 0 Å². The number of halogens is 3. The molecule has 0 radical (unpaired) electrons. The molecule has 4 aliphatic rings. The Morgan fingerprint density at radius 1 is 1.17 bits per heavy atom. The van der Waals surface area contributed by atoms with E-state index in [1.165, 1.54) is 22.8 Å². The molecule has 0 spiro atoms. The Morgan fingerprint density at radius 2 is 1.96 bits per heavy atom. The first-order valence-electron chi connectivity index (χ1n) is 14.9. The fourth-order valence-corrected chi connectivity index (χ4v) is 7.51. The van der Waals surface area contributed by atoms with Gasteiger partial charge in [-0.25, -0.2) is 4.98 Å². The first-order chi connectivity index (χ1) is 22.9. The summed E-state index contributed by atoms with van der Waals surface area (Å²) >= 11 is 0. The molecule has 0 saturated carbocycles. The van der Waals surface area contributed by atoms with Gasteiger partial charge in [0.2, 0.25) is 13.3 Å². The zero-order chi connectivity index (χ0) is 34.2. The number of nitrogens with zero attached hydrogens (tertiary/aromatic N) is 5. The molecule has 0 aliphatic carbocycles. The quantitative estimate of drug-likeness (QED) is 0.230. The monoisotopic (exact) mass is 687 g/mol. The van der Waals surface area contributed by atoms with Crippen LogP contribution in [0.25, 0.3) is 11.1 Å². The summed E-state index contributed by atoms with van der Waals surface area (Å²) in [6, 6.07) is 8.04. The summed E-state index contributed by atoms with van der Waals surface area (Å²) in [5, 5.41) is 20.8. The summed E-state index contributed by atoms with van der Waals surface area (Å²) in [6.07, 6.45) is -2.22. The number of ether oxygens (including phenoxy) is 2. The SMILES string of the molecule is CCOCP1(=O)Cc2ccc(c(OC)c2)Nc2ncc(C(F)(F)F)c(n2)Nc2ccc(c3c2C(=O)N(C)C3)-c2cnn(c2)C[C@H](O)CO1. The number of aliphatic hydroxyl groups is 1. The van der Waals surface area contributed by atoms with Crippen molar-refractivity contribution in [2.75, 3.05) is 44.4 Å². The molecule has 8 bridgehead atoms. The van der Waals surface area contributed by atoms with Crippen LogP contribution in [-0.2, 0) is 39.3 Å². The van der Waals surface area contributed by atoms with Gasteiger partial charge in [0.05, 0.1) is 55.7 Å². The molecule has 6 heterocycles. The van der Waals surface area contributed by atoms with Crippen LogP contribution < -0.4 is 15.4 Å². The van der Waals surface area contributed by atoms with Gasteiger partial charge < -0.3 is 34.6 Å². The Morgan fingerprint density at radius 3 is 2.71 bits per heavy atom. The van der Waals surface area contributed by atoms with Crippen LogP contribution in [0.4, 0.5) is 36.3 Å². The molecule has 0 fully saturated rings. The van der Waals surface area contributed by atoms with E-state index in [9.17, 15) is 27.6 Å². The fraction of sp³-hybridized carbons (Fsp3) is 0.355. The number of nitrogens with one attached hydrogen (secondary N) is 2. The van der Waals surface area contributed by atoms with Crippen molar-refractivity contribution in [2.24, 2.45) is 0 Å². The van der Waals surface area contributed by atoms with E-state index >= 15 is 0 Å². The molecule has 2 aromatic carbocycles. The molecular weight excluding hydrogens is 654 g/mol. The van der Waals surface area contributed by atoms with Crippen molar-refractivity contribution in [1.82, 2.24) is 24.6 Å².